The Balaban J connectivity index is 2.41. The van der Waals surface area contributed by atoms with Gasteiger partial charge >= 0.3 is 0 Å². The van der Waals surface area contributed by atoms with E-state index >= 15 is 0 Å². The number of rotatable bonds is 2. The Morgan fingerprint density at radius 3 is 2.62 bits per heavy atom. The molecule has 0 amide bonds. The monoisotopic (exact) mass is 327 g/mol. The number of imidazole rings is 1. The van der Waals surface area contributed by atoms with Gasteiger partial charge in [-0.25, -0.2) is 18.7 Å². The van der Waals surface area contributed by atoms with Crippen molar-refractivity contribution in [1.82, 2.24) is 14.5 Å². The zero-order valence-corrected chi connectivity index (χ0v) is 12.4. The molecule has 7 heteroatoms. The molecule has 0 aliphatic heterocycles. The molecule has 0 saturated carbocycles. The molecular formula is C14H9Cl2F2N3. The number of pyridine rings is 1. The van der Waals surface area contributed by atoms with Gasteiger partial charge in [-0.2, -0.15) is 0 Å². The maximum absolute atomic E-state index is 14.2. The van der Waals surface area contributed by atoms with Crippen molar-refractivity contribution in [2.45, 2.75) is 12.8 Å². The van der Waals surface area contributed by atoms with Crippen LogP contribution < -0.4 is 0 Å². The lowest BCUT2D eigenvalue weighted by Crippen LogP contribution is -2.05. The SMILES string of the molecule is Cc1ccc2nc(CCl)n(-c3c(F)cc(F)cc3Cl)c2n1. The van der Waals surface area contributed by atoms with Crippen molar-refractivity contribution in [1.29, 1.82) is 0 Å². The predicted octanol–water partition coefficient (Wildman–Crippen LogP) is 4.40. The molecule has 0 aliphatic carbocycles. The molecule has 0 N–H and O–H groups in total. The average molecular weight is 328 g/mol. The van der Waals surface area contributed by atoms with Gasteiger partial charge in [0.1, 0.15) is 22.8 Å². The van der Waals surface area contributed by atoms with Crippen LogP contribution in [0.2, 0.25) is 5.02 Å². The molecule has 21 heavy (non-hydrogen) atoms. The summed E-state index contributed by atoms with van der Waals surface area (Å²) in [6, 6.07) is 5.36. The van der Waals surface area contributed by atoms with Gasteiger partial charge in [-0.3, -0.25) is 4.57 Å². The number of aryl methyl sites for hydroxylation is 1. The quantitative estimate of drug-likeness (QED) is 0.653. The van der Waals surface area contributed by atoms with E-state index in [0.717, 1.165) is 17.8 Å². The summed E-state index contributed by atoms with van der Waals surface area (Å²) in [4.78, 5) is 8.65. The highest BCUT2D eigenvalue weighted by Crippen LogP contribution is 2.30. The van der Waals surface area contributed by atoms with E-state index in [9.17, 15) is 8.78 Å². The van der Waals surface area contributed by atoms with E-state index in [1.54, 1.807) is 19.1 Å². The van der Waals surface area contributed by atoms with Gasteiger partial charge in [-0.05, 0) is 25.1 Å². The molecular weight excluding hydrogens is 319 g/mol. The standard InChI is InChI=1S/C14H9Cl2F2N3/c1-7-2-3-11-14(19-7)21(12(6-15)20-11)13-9(16)4-8(17)5-10(13)18/h2-5H,6H2,1H3. The molecule has 0 radical (unpaired) electrons. The highest BCUT2D eigenvalue weighted by Gasteiger charge is 2.19. The highest BCUT2D eigenvalue weighted by atomic mass is 35.5. The van der Waals surface area contributed by atoms with Crippen molar-refractivity contribution in [3.05, 3.63) is 52.4 Å². The summed E-state index contributed by atoms with van der Waals surface area (Å²) in [5.41, 5.74) is 1.73. The van der Waals surface area contributed by atoms with Crippen molar-refractivity contribution in [3.8, 4) is 5.69 Å². The summed E-state index contributed by atoms with van der Waals surface area (Å²) >= 11 is 11.9. The van der Waals surface area contributed by atoms with E-state index in [4.69, 9.17) is 23.2 Å². The Labute approximate surface area is 129 Å². The lowest BCUT2D eigenvalue weighted by molar-refractivity contribution is 0.577. The second-order valence-corrected chi connectivity index (χ2v) is 5.18. The zero-order chi connectivity index (χ0) is 15.1. The Morgan fingerprint density at radius 1 is 1.19 bits per heavy atom. The number of hydrogen-bond donors (Lipinski definition) is 0. The Morgan fingerprint density at radius 2 is 1.95 bits per heavy atom. The zero-order valence-electron chi connectivity index (χ0n) is 10.9. The Hall–Kier alpha value is -1.72. The highest BCUT2D eigenvalue weighted by molar-refractivity contribution is 6.32. The van der Waals surface area contributed by atoms with E-state index in [-0.39, 0.29) is 16.6 Å². The second kappa shape index (κ2) is 5.24. The first-order valence-electron chi connectivity index (χ1n) is 6.07. The number of hydrogen-bond acceptors (Lipinski definition) is 2. The minimum atomic E-state index is -0.797. The topological polar surface area (TPSA) is 30.7 Å². The van der Waals surface area contributed by atoms with Gasteiger partial charge in [0.2, 0.25) is 0 Å². The van der Waals surface area contributed by atoms with Crippen LogP contribution in [0.15, 0.2) is 24.3 Å². The van der Waals surface area contributed by atoms with E-state index in [1.807, 2.05) is 0 Å². The maximum atomic E-state index is 14.2. The molecule has 1 aromatic carbocycles. The second-order valence-electron chi connectivity index (χ2n) is 4.51. The van der Waals surface area contributed by atoms with E-state index < -0.39 is 11.6 Å². The summed E-state index contributed by atoms with van der Waals surface area (Å²) in [7, 11) is 0. The fourth-order valence-corrected chi connectivity index (χ4v) is 2.63. The molecule has 3 nitrogen and oxygen atoms in total. The van der Waals surface area contributed by atoms with Crippen LogP contribution in [0.25, 0.3) is 16.9 Å². The molecule has 0 bridgehead atoms. The summed E-state index contributed by atoms with van der Waals surface area (Å²) in [5.74, 6) is -1.11. The fourth-order valence-electron chi connectivity index (χ4n) is 2.17. The first-order chi connectivity index (χ1) is 10.0. The maximum Gasteiger partial charge on any atom is 0.165 e. The van der Waals surface area contributed by atoms with Crippen molar-refractivity contribution in [2.24, 2.45) is 0 Å². The van der Waals surface area contributed by atoms with Gasteiger partial charge in [0, 0.05) is 11.8 Å². The van der Waals surface area contributed by atoms with Crippen LogP contribution in [-0.4, -0.2) is 14.5 Å². The Kier molecular flexibility index (Phi) is 3.55. The molecule has 3 rings (SSSR count). The number of benzene rings is 1. The summed E-state index contributed by atoms with van der Waals surface area (Å²) in [6.07, 6.45) is 0. The fraction of sp³-hybridized carbons (Fsp3) is 0.143. The molecule has 0 atom stereocenters. The van der Waals surface area contributed by atoms with Crippen LogP contribution >= 0.6 is 23.2 Å². The number of halogens is 4. The van der Waals surface area contributed by atoms with Gasteiger partial charge in [0.25, 0.3) is 0 Å². The van der Waals surface area contributed by atoms with Crippen LogP contribution in [-0.2, 0) is 5.88 Å². The lowest BCUT2D eigenvalue weighted by Gasteiger charge is -2.11. The molecule has 3 aromatic rings. The third kappa shape index (κ3) is 2.36. The predicted molar refractivity (Wildman–Crippen MR) is 78.1 cm³/mol. The summed E-state index contributed by atoms with van der Waals surface area (Å²) < 4.78 is 28.8. The number of alkyl halides is 1. The Bertz CT molecular complexity index is 823. The minimum absolute atomic E-state index is 0.00526. The van der Waals surface area contributed by atoms with E-state index in [2.05, 4.69) is 9.97 Å². The van der Waals surface area contributed by atoms with Gasteiger partial charge in [-0.15, -0.1) is 11.6 Å². The molecule has 0 saturated heterocycles. The molecule has 0 aliphatic rings. The largest absolute Gasteiger partial charge is 0.275 e. The van der Waals surface area contributed by atoms with Gasteiger partial charge in [-0.1, -0.05) is 11.6 Å². The van der Waals surface area contributed by atoms with Crippen LogP contribution in [0.1, 0.15) is 11.5 Å². The molecule has 0 spiro atoms. The van der Waals surface area contributed by atoms with Crippen molar-refractivity contribution in [3.63, 3.8) is 0 Å². The van der Waals surface area contributed by atoms with E-state index in [0.29, 0.717) is 17.0 Å². The average Bonchev–Trinajstić information content (AvgIpc) is 2.76. The third-order valence-electron chi connectivity index (χ3n) is 3.04. The summed E-state index contributed by atoms with van der Waals surface area (Å²) in [6.45, 7) is 1.81. The first-order valence-corrected chi connectivity index (χ1v) is 6.98. The van der Waals surface area contributed by atoms with Gasteiger partial charge < -0.3 is 0 Å². The lowest BCUT2D eigenvalue weighted by atomic mass is 10.2. The van der Waals surface area contributed by atoms with Crippen molar-refractivity contribution in [2.75, 3.05) is 0 Å². The smallest absolute Gasteiger partial charge is 0.165 e. The number of nitrogens with zero attached hydrogens (tertiary/aromatic N) is 3. The molecule has 2 aromatic heterocycles. The molecule has 0 unspecified atom stereocenters. The van der Waals surface area contributed by atoms with Gasteiger partial charge in [0.05, 0.1) is 10.9 Å². The van der Waals surface area contributed by atoms with E-state index in [1.165, 1.54) is 4.57 Å². The minimum Gasteiger partial charge on any atom is -0.275 e. The summed E-state index contributed by atoms with van der Waals surface area (Å²) in [5, 5.41) is -0.0681. The van der Waals surface area contributed by atoms with Crippen LogP contribution in [0.3, 0.4) is 0 Å². The molecule has 108 valence electrons. The normalized spacial score (nSPS) is 11.3. The van der Waals surface area contributed by atoms with Crippen molar-refractivity contribution >= 4 is 34.4 Å². The molecule has 0 fully saturated rings. The van der Waals surface area contributed by atoms with Crippen LogP contribution in [0.5, 0.6) is 0 Å². The van der Waals surface area contributed by atoms with Crippen LogP contribution in [0, 0.1) is 18.6 Å². The van der Waals surface area contributed by atoms with Crippen LogP contribution in [0.4, 0.5) is 8.78 Å². The van der Waals surface area contributed by atoms with Crippen molar-refractivity contribution < 1.29 is 8.78 Å². The number of aromatic nitrogens is 3. The molecule has 2 heterocycles. The first kappa shape index (κ1) is 14.2. The van der Waals surface area contributed by atoms with Gasteiger partial charge in [0.15, 0.2) is 11.5 Å². The third-order valence-corrected chi connectivity index (χ3v) is 3.57. The number of fused-ring (bicyclic) bond motifs is 1.